The molecule has 0 aliphatic heterocycles. The average Bonchev–Trinajstić information content (AvgIpc) is 2.74. The molecule has 0 bridgehead atoms. The van der Waals surface area contributed by atoms with Gasteiger partial charge < -0.3 is 28.4 Å². The number of methoxy groups -OCH3 is 6. The Bertz CT molecular complexity index is 915. The van der Waals surface area contributed by atoms with Gasteiger partial charge in [-0.3, -0.25) is 0 Å². The molecule has 6 heteroatoms. The molecule has 0 fully saturated rings. The molecular formula is C22H26O6. The number of hydrogen-bond donors (Lipinski definition) is 0. The Hall–Kier alpha value is -2.70. The van der Waals surface area contributed by atoms with E-state index in [4.69, 9.17) is 28.4 Å². The molecule has 3 aromatic carbocycles. The summed E-state index contributed by atoms with van der Waals surface area (Å²) in [5.74, 6) is 2.65. The van der Waals surface area contributed by atoms with Crippen LogP contribution in [-0.2, 0) is 22.7 Å². The maximum Gasteiger partial charge on any atom is 0.161 e. The van der Waals surface area contributed by atoms with Crippen LogP contribution in [0.25, 0.3) is 21.5 Å². The van der Waals surface area contributed by atoms with Crippen molar-refractivity contribution in [3.63, 3.8) is 0 Å². The van der Waals surface area contributed by atoms with E-state index >= 15 is 0 Å². The lowest BCUT2D eigenvalue weighted by molar-refractivity contribution is 0.170. The van der Waals surface area contributed by atoms with Gasteiger partial charge in [0.15, 0.2) is 23.0 Å². The van der Waals surface area contributed by atoms with Crippen molar-refractivity contribution in [1.29, 1.82) is 0 Å². The number of rotatable bonds is 8. The molecular weight excluding hydrogens is 360 g/mol. The van der Waals surface area contributed by atoms with Gasteiger partial charge in [-0.25, -0.2) is 0 Å². The lowest BCUT2D eigenvalue weighted by Gasteiger charge is -2.20. The van der Waals surface area contributed by atoms with Crippen LogP contribution in [0.2, 0.25) is 0 Å². The molecule has 0 aromatic heterocycles. The Morgan fingerprint density at radius 1 is 0.464 bits per heavy atom. The number of benzene rings is 3. The zero-order valence-corrected chi connectivity index (χ0v) is 17.2. The fourth-order valence-electron chi connectivity index (χ4n) is 3.65. The summed E-state index contributed by atoms with van der Waals surface area (Å²) < 4.78 is 33.2. The van der Waals surface area contributed by atoms with E-state index in [9.17, 15) is 0 Å². The van der Waals surface area contributed by atoms with Crippen LogP contribution >= 0.6 is 0 Å². The fraction of sp³-hybridized carbons (Fsp3) is 0.364. The van der Waals surface area contributed by atoms with Gasteiger partial charge in [-0.2, -0.15) is 0 Å². The van der Waals surface area contributed by atoms with Crippen molar-refractivity contribution in [2.24, 2.45) is 0 Å². The quantitative estimate of drug-likeness (QED) is 0.538. The van der Waals surface area contributed by atoms with E-state index in [1.54, 1.807) is 42.7 Å². The molecule has 0 aliphatic carbocycles. The fourth-order valence-corrected chi connectivity index (χ4v) is 3.65. The summed E-state index contributed by atoms with van der Waals surface area (Å²) in [4.78, 5) is 0. The van der Waals surface area contributed by atoms with Gasteiger partial charge in [-0.05, 0) is 56.9 Å². The van der Waals surface area contributed by atoms with Gasteiger partial charge >= 0.3 is 0 Å². The van der Waals surface area contributed by atoms with Crippen molar-refractivity contribution in [3.8, 4) is 23.0 Å². The molecule has 0 radical (unpaired) electrons. The highest BCUT2D eigenvalue weighted by atomic mass is 16.5. The van der Waals surface area contributed by atoms with E-state index in [0.29, 0.717) is 36.2 Å². The third kappa shape index (κ3) is 3.30. The van der Waals surface area contributed by atoms with E-state index in [-0.39, 0.29) is 0 Å². The maximum absolute atomic E-state index is 5.54. The Balaban J connectivity index is 2.55. The molecule has 0 atom stereocenters. The molecule has 0 saturated carbocycles. The number of fused-ring (bicyclic) bond motifs is 3. The minimum atomic E-state index is 0.439. The largest absolute Gasteiger partial charge is 0.493 e. The summed E-state index contributed by atoms with van der Waals surface area (Å²) in [5, 5.41) is 4.07. The van der Waals surface area contributed by atoms with E-state index in [1.165, 1.54) is 0 Å². The molecule has 3 rings (SSSR count). The van der Waals surface area contributed by atoms with E-state index < -0.39 is 0 Å². The van der Waals surface area contributed by atoms with Crippen molar-refractivity contribution in [1.82, 2.24) is 0 Å². The van der Waals surface area contributed by atoms with E-state index in [0.717, 1.165) is 32.7 Å². The highest BCUT2D eigenvalue weighted by Gasteiger charge is 2.20. The van der Waals surface area contributed by atoms with Crippen LogP contribution in [0.1, 0.15) is 11.1 Å². The number of hydrogen-bond acceptors (Lipinski definition) is 6. The second-order valence-electron chi connectivity index (χ2n) is 6.33. The van der Waals surface area contributed by atoms with E-state index in [1.807, 2.05) is 24.3 Å². The minimum Gasteiger partial charge on any atom is -0.493 e. The van der Waals surface area contributed by atoms with Crippen LogP contribution in [0, 0.1) is 0 Å². The van der Waals surface area contributed by atoms with Crippen LogP contribution in [0.5, 0.6) is 23.0 Å². The van der Waals surface area contributed by atoms with Gasteiger partial charge in [-0.1, -0.05) is 0 Å². The first-order valence-corrected chi connectivity index (χ1v) is 8.86. The highest BCUT2D eigenvalue weighted by Crippen LogP contribution is 2.43. The van der Waals surface area contributed by atoms with Crippen LogP contribution < -0.4 is 18.9 Å². The molecule has 150 valence electrons. The normalized spacial score (nSPS) is 11.1. The van der Waals surface area contributed by atoms with Crippen LogP contribution in [-0.4, -0.2) is 42.7 Å². The van der Waals surface area contributed by atoms with Crippen molar-refractivity contribution in [3.05, 3.63) is 35.4 Å². The molecule has 0 spiro atoms. The standard InChI is InChI=1S/C22H26O6/c1-23-11-17-15-9-21(27-5)19(25-3)7-13(15)14-8-20(26-4)22(28-6)10-16(14)18(17)12-24-2/h7-10H,11-12H2,1-6H3. The lowest BCUT2D eigenvalue weighted by atomic mass is 9.91. The molecule has 0 unspecified atom stereocenters. The minimum absolute atomic E-state index is 0.439. The molecule has 6 nitrogen and oxygen atoms in total. The Kier molecular flexibility index (Phi) is 6.11. The summed E-state index contributed by atoms with van der Waals surface area (Å²) >= 11 is 0. The first-order valence-electron chi connectivity index (χ1n) is 8.86. The van der Waals surface area contributed by atoms with Gasteiger partial charge in [0.1, 0.15) is 0 Å². The average molecular weight is 386 g/mol. The highest BCUT2D eigenvalue weighted by molar-refractivity contribution is 6.12. The zero-order chi connectivity index (χ0) is 20.3. The third-order valence-electron chi connectivity index (χ3n) is 4.93. The van der Waals surface area contributed by atoms with Crippen molar-refractivity contribution in [2.45, 2.75) is 13.2 Å². The van der Waals surface area contributed by atoms with Crippen molar-refractivity contribution >= 4 is 21.5 Å². The Morgan fingerprint density at radius 2 is 0.750 bits per heavy atom. The Morgan fingerprint density at radius 3 is 1.00 bits per heavy atom. The van der Waals surface area contributed by atoms with Crippen LogP contribution in [0.15, 0.2) is 24.3 Å². The number of ether oxygens (including phenoxy) is 6. The molecule has 0 amide bonds. The van der Waals surface area contributed by atoms with E-state index in [2.05, 4.69) is 0 Å². The van der Waals surface area contributed by atoms with Crippen LogP contribution in [0.4, 0.5) is 0 Å². The SMILES string of the molecule is COCc1c(COC)c2cc(OC)c(OC)cc2c2cc(OC)c(OC)cc12. The van der Waals surface area contributed by atoms with Gasteiger partial charge in [0.05, 0.1) is 41.7 Å². The van der Waals surface area contributed by atoms with Gasteiger partial charge in [-0.15, -0.1) is 0 Å². The lowest BCUT2D eigenvalue weighted by Crippen LogP contribution is -2.03. The smallest absolute Gasteiger partial charge is 0.161 e. The molecule has 0 N–H and O–H groups in total. The first-order chi connectivity index (χ1) is 13.6. The summed E-state index contributed by atoms with van der Waals surface area (Å²) in [6, 6.07) is 7.94. The zero-order valence-electron chi connectivity index (χ0n) is 17.2. The summed E-state index contributed by atoms with van der Waals surface area (Å²) in [6.07, 6.45) is 0. The molecule has 28 heavy (non-hydrogen) atoms. The first kappa shape index (κ1) is 20.0. The third-order valence-corrected chi connectivity index (χ3v) is 4.93. The molecule has 0 heterocycles. The monoisotopic (exact) mass is 386 g/mol. The predicted octanol–water partition coefficient (Wildman–Crippen LogP) is 4.32. The summed E-state index contributed by atoms with van der Waals surface area (Å²) in [7, 11) is 9.88. The molecule has 3 aromatic rings. The summed E-state index contributed by atoms with van der Waals surface area (Å²) in [6.45, 7) is 0.879. The topological polar surface area (TPSA) is 55.4 Å². The predicted molar refractivity (Wildman–Crippen MR) is 109 cm³/mol. The van der Waals surface area contributed by atoms with Gasteiger partial charge in [0, 0.05) is 14.2 Å². The van der Waals surface area contributed by atoms with Gasteiger partial charge in [0.25, 0.3) is 0 Å². The Labute approximate surface area is 164 Å². The summed E-state index contributed by atoms with van der Waals surface area (Å²) in [5.41, 5.74) is 2.08. The molecule has 0 aliphatic rings. The maximum atomic E-state index is 5.54. The second kappa shape index (κ2) is 8.54. The van der Waals surface area contributed by atoms with Gasteiger partial charge in [0.2, 0.25) is 0 Å². The molecule has 0 saturated heterocycles. The second-order valence-corrected chi connectivity index (χ2v) is 6.33. The van der Waals surface area contributed by atoms with Crippen LogP contribution in [0.3, 0.4) is 0 Å². The van der Waals surface area contributed by atoms with Crippen molar-refractivity contribution < 1.29 is 28.4 Å². The van der Waals surface area contributed by atoms with Crippen molar-refractivity contribution in [2.75, 3.05) is 42.7 Å².